The molecular weight excluding hydrogens is 656 g/mol. The van der Waals surface area contributed by atoms with Crippen LogP contribution in [0.4, 0.5) is 34.1 Å². The summed E-state index contributed by atoms with van der Waals surface area (Å²) in [5, 5.41) is 25.2. The molecule has 1 aliphatic heterocycles. The predicted octanol–water partition coefficient (Wildman–Crippen LogP) is 10.8. The predicted molar refractivity (Wildman–Crippen MR) is 205 cm³/mol. The van der Waals surface area contributed by atoms with Crippen LogP contribution in [0.3, 0.4) is 0 Å². The summed E-state index contributed by atoms with van der Waals surface area (Å²) in [7, 11) is 0. The Labute approximate surface area is 302 Å². The maximum absolute atomic E-state index is 12.7. The fourth-order valence-corrected chi connectivity index (χ4v) is 5.27. The minimum Gasteiger partial charge on any atom is -0.462 e. The average molecular weight is 697 g/mol. The number of nitrogens with zero attached hydrogens (tertiary/aromatic N) is 6. The number of para-hydroxylation sites is 4. The lowest BCUT2D eigenvalue weighted by atomic mass is 10.1. The first kappa shape index (κ1) is 36.7. The van der Waals surface area contributed by atoms with Crippen LogP contribution in [0.25, 0.3) is 0 Å². The molecule has 0 saturated carbocycles. The highest BCUT2D eigenvalue weighted by Gasteiger charge is 2.17. The van der Waals surface area contributed by atoms with Crippen molar-refractivity contribution in [3.05, 3.63) is 131 Å². The van der Waals surface area contributed by atoms with Gasteiger partial charge in [-0.15, -0.1) is 20.5 Å². The van der Waals surface area contributed by atoms with E-state index < -0.39 is 11.9 Å². The maximum atomic E-state index is 12.7. The Hall–Kier alpha value is -6.56. The SMILES string of the molecule is CCOC(=O)c1ccccc1N=N/C1=C(/C)Nc2ccccc2N=C(C)/C(N=Nc2ccccc2C(=O)OCC)=C(\C)Nc2ccccc2N=C1C. The molecule has 5 rings (SSSR count). The second-order valence-corrected chi connectivity index (χ2v) is 11.5. The largest absolute Gasteiger partial charge is 0.462 e. The van der Waals surface area contributed by atoms with Crippen molar-refractivity contribution >= 4 is 57.5 Å². The van der Waals surface area contributed by atoms with E-state index in [9.17, 15) is 9.59 Å². The maximum Gasteiger partial charge on any atom is 0.340 e. The average Bonchev–Trinajstić information content (AvgIpc) is 3.13. The van der Waals surface area contributed by atoms with Crippen molar-refractivity contribution in [2.24, 2.45) is 30.4 Å². The van der Waals surface area contributed by atoms with E-state index in [0.29, 0.717) is 79.5 Å². The number of ether oxygens (including phenoxy) is 2. The van der Waals surface area contributed by atoms with Crippen LogP contribution >= 0.6 is 0 Å². The molecule has 0 amide bonds. The number of anilines is 2. The molecule has 0 fully saturated rings. The first-order chi connectivity index (χ1) is 25.2. The third-order valence-electron chi connectivity index (χ3n) is 7.74. The van der Waals surface area contributed by atoms with E-state index >= 15 is 0 Å². The molecule has 1 aliphatic rings. The number of benzene rings is 4. The lowest BCUT2D eigenvalue weighted by Gasteiger charge is -2.16. The van der Waals surface area contributed by atoms with E-state index in [1.807, 2.05) is 76.2 Å². The van der Waals surface area contributed by atoms with Crippen molar-refractivity contribution in [1.82, 2.24) is 0 Å². The monoisotopic (exact) mass is 696 g/mol. The van der Waals surface area contributed by atoms with Crippen LogP contribution in [-0.2, 0) is 9.47 Å². The van der Waals surface area contributed by atoms with Crippen LogP contribution in [0.5, 0.6) is 0 Å². The van der Waals surface area contributed by atoms with Crippen molar-refractivity contribution < 1.29 is 19.1 Å². The number of carbonyl (C=O) groups is 2. The number of azo groups is 2. The van der Waals surface area contributed by atoms with E-state index in [-0.39, 0.29) is 13.2 Å². The number of rotatable bonds is 8. The van der Waals surface area contributed by atoms with Crippen molar-refractivity contribution in [1.29, 1.82) is 0 Å². The smallest absolute Gasteiger partial charge is 0.340 e. The molecule has 0 saturated heterocycles. The van der Waals surface area contributed by atoms with Crippen LogP contribution in [0.2, 0.25) is 0 Å². The minimum absolute atomic E-state index is 0.238. The summed E-state index contributed by atoms with van der Waals surface area (Å²) >= 11 is 0. The Morgan fingerprint density at radius 1 is 0.538 bits per heavy atom. The molecular formula is C40H40N8O4. The van der Waals surface area contributed by atoms with Crippen LogP contribution in [-0.4, -0.2) is 36.6 Å². The van der Waals surface area contributed by atoms with Gasteiger partial charge in [-0.1, -0.05) is 48.5 Å². The molecule has 0 bridgehead atoms. The highest BCUT2D eigenvalue weighted by molar-refractivity contribution is 6.03. The Morgan fingerprint density at radius 2 is 0.904 bits per heavy atom. The van der Waals surface area contributed by atoms with E-state index in [1.54, 1.807) is 62.4 Å². The van der Waals surface area contributed by atoms with Gasteiger partial charge in [0.05, 0.1) is 58.5 Å². The van der Waals surface area contributed by atoms with E-state index in [2.05, 4.69) is 31.1 Å². The molecule has 12 heteroatoms. The number of nitrogens with one attached hydrogen (secondary N) is 2. The summed E-state index contributed by atoms with van der Waals surface area (Å²) in [6, 6.07) is 28.9. The Bertz CT molecular complexity index is 2010. The zero-order valence-electron chi connectivity index (χ0n) is 30.0. The van der Waals surface area contributed by atoms with Crippen LogP contribution in [0.1, 0.15) is 62.3 Å². The molecule has 0 aromatic heterocycles. The summed E-state index contributed by atoms with van der Waals surface area (Å²) in [4.78, 5) is 35.3. The second kappa shape index (κ2) is 17.4. The molecule has 264 valence electrons. The number of aliphatic imine (C=N–C) groups is 2. The number of carbonyl (C=O) groups excluding carboxylic acids is 2. The summed E-state index contributed by atoms with van der Waals surface area (Å²) in [6.07, 6.45) is 0. The van der Waals surface area contributed by atoms with Gasteiger partial charge < -0.3 is 20.1 Å². The molecule has 0 atom stereocenters. The lowest BCUT2D eigenvalue weighted by Crippen LogP contribution is -2.08. The lowest BCUT2D eigenvalue weighted by molar-refractivity contribution is 0.0517. The van der Waals surface area contributed by atoms with Gasteiger partial charge in [-0.25, -0.2) is 19.6 Å². The van der Waals surface area contributed by atoms with Crippen molar-refractivity contribution in [3.63, 3.8) is 0 Å². The standard InChI is InChI=1S/C40H40N8O4/c1-7-51-39(49)29-17-9-11-19-31(29)45-47-37-25(3)41-33-21-13-15-23-35(33)43-27(5)38(28(6)44-36-24-16-14-22-34(36)42-26(37)4)48-46-32-20-12-10-18-30(32)40(50)52-8-2/h9-24,41,44H,7-8H2,1-6H3/b37-25-,38-28-,42-26?,43-27?,47-45?,48-46?. The van der Waals surface area contributed by atoms with Gasteiger partial charge in [-0.2, -0.15) is 0 Å². The number of allylic oxidation sites excluding steroid dienone is 4. The second-order valence-electron chi connectivity index (χ2n) is 11.5. The zero-order valence-corrected chi connectivity index (χ0v) is 30.0. The highest BCUT2D eigenvalue weighted by Crippen LogP contribution is 2.33. The molecule has 2 N–H and O–H groups in total. The summed E-state index contributed by atoms with van der Waals surface area (Å²) in [5.41, 5.74) is 7.30. The number of hydrogen-bond acceptors (Lipinski definition) is 12. The van der Waals surface area contributed by atoms with E-state index in [4.69, 9.17) is 19.5 Å². The highest BCUT2D eigenvalue weighted by atomic mass is 16.5. The van der Waals surface area contributed by atoms with Gasteiger partial charge in [0, 0.05) is 11.4 Å². The molecule has 4 aromatic rings. The number of hydrogen-bond donors (Lipinski definition) is 2. The first-order valence-electron chi connectivity index (χ1n) is 16.8. The topological polar surface area (TPSA) is 151 Å². The Morgan fingerprint density at radius 3 is 1.31 bits per heavy atom. The Balaban J connectivity index is 1.65. The van der Waals surface area contributed by atoms with Crippen molar-refractivity contribution in [2.45, 2.75) is 41.5 Å². The molecule has 4 aromatic carbocycles. The fourth-order valence-electron chi connectivity index (χ4n) is 5.27. The van der Waals surface area contributed by atoms with Gasteiger partial charge in [0.25, 0.3) is 0 Å². The van der Waals surface area contributed by atoms with E-state index in [1.165, 1.54) is 0 Å². The zero-order chi connectivity index (χ0) is 37.0. The molecule has 0 aliphatic carbocycles. The molecule has 1 heterocycles. The van der Waals surface area contributed by atoms with Crippen molar-refractivity contribution in [2.75, 3.05) is 23.8 Å². The van der Waals surface area contributed by atoms with Crippen LogP contribution < -0.4 is 10.6 Å². The first-order valence-corrected chi connectivity index (χ1v) is 16.8. The third kappa shape index (κ3) is 8.96. The molecule has 52 heavy (non-hydrogen) atoms. The van der Waals surface area contributed by atoms with Gasteiger partial charge in [-0.3, -0.25) is 0 Å². The normalized spacial score (nSPS) is 16.5. The van der Waals surface area contributed by atoms with Crippen LogP contribution in [0, 0.1) is 0 Å². The fraction of sp³-hybridized carbons (Fsp3) is 0.200. The third-order valence-corrected chi connectivity index (χ3v) is 7.74. The molecule has 0 radical (unpaired) electrons. The molecule has 12 nitrogen and oxygen atoms in total. The minimum atomic E-state index is -0.482. The Kier molecular flexibility index (Phi) is 12.3. The van der Waals surface area contributed by atoms with Gasteiger partial charge in [0.2, 0.25) is 0 Å². The summed E-state index contributed by atoms with van der Waals surface area (Å²) in [5.74, 6) is -0.963. The van der Waals surface area contributed by atoms with Crippen molar-refractivity contribution in [3.8, 4) is 0 Å². The van der Waals surface area contributed by atoms with Gasteiger partial charge >= 0.3 is 11.9 Å². The quantitative estimate of drug-likeness (QED) is 0.138. The summed E-state index contributed by atoms with van der Waals surface area (Å²) < 4.78 is 10.5. The van der Waals surface area contributed by atoms with Gasteiger partial charge in [0.1, 0.15) is 22.8 Å². The van der Waals surface area contributed by atoms with E-state index in [0.717, 1.165) is 0 Å². The summed E-state index contributed by atoms with van der Waals surface area (Å²) in [6.45, 7) is 11.4. The van der Waals surface area contributed by atoms with Crippen LogP contribution in [0.15, 0.2) is 150 Å². The van der Waals surface area contributed by atoms with Gasteiger partial charge in [-0.05, 0) is 90.1 Å². The molecule has 0 unspecified atom stereocenters. The molecule has 0 spiro atoms. The number of esters is 2. The number of fused-ring (bicyclic) bond motifs is 2. The van der Waals surface area contributed by atoms with Gasteiger partial charge in [0.15, 0.2) is 0 Å².